The Hall–Kier alpha value is -3.33. The van der Waals surface area contributed by atoms with E-state index in [1.807, 2.05) is 31.2 Å². The van der Waals surface area contributed by atoms with Gasteiger partial charge in [-0.1, -0.05) is 41.4 Å². The number of halogens is 2. The second-order valence-electron chi connectivity index (χ2n) is 5.84. The van der Waals surface area contributed by atoms with Gasteiger partial charge >= 0.3 is 5.97 Å². The highest BCUT2D eigenvalue weighted by Crippen LogP contribution is 2.19. The Labute approximate surface area is 164 Å². The van der Waals surface area contributed by atoms with E-state index in [9.17, 15) is 14.0 Å². The highest BCUT2D eigenvalue weighted by Gasteiger charge is 2.13. The number of rotatable bonds is 6. The molecule has 0 aliphatic carbocycles. The fraction of sp³-hybridized carbons (Fsp3) is 0.167. The topological polar surface area (TPSA) is 99.0 Å². The number of tetrazole rings is 1. The van der Waals surface area contributed by atoms with Crippen LogP contribution in [0.15, 0.2) is 42.5 Å². The van der Waals surface area contributed by atoms with Crippen LogP contribution >= 0.6 is 11.6 Å². The highest BCUT2D eigenvalue weighted by molar-refractivity contribution is 6.30. The average molecular weight is 404 g/mol. The van der Waals surface area contributed by atoms with Gasteiger partial charge in [-0.25, -0.2) is 9.18 Å². The van der Waals surface area contributed by atoms with Gasteiger partial charge in [0.25, 0.3) is 5.91 Å². The number of ether oxygens (including phenoxy) is 1. The van der Waals surface area contributed by atoms with Crippen LogP contribution in [0.25, 0.3) is 11.4 Å². The van der Waals surface area contributed by atoms with E-state index in [0.29, 0.717) is 5.82 Å². The quantitative estimate of drug-likeness (QED) is 0.635. The first kappa shape index (κ1) is 19.4. The van der Waals surface area contributed by atoms with Crippen LogP contribution in [-0.2, 0) is 20.9 Å². The van der Waals surface area contributed by atoms with E-state index in [1.165, 1.54) is 12.1 Å². The molecule has 1 aromatic heterocycles. The van der Waals surface area contributed by atoms with Crippen LogP contribution in [0.5, 0.6) is 0 Å². The molecular weight excluding hydrogens is 389 g/mol. The Kier molecular flexibility index (Phi) is 5.95. The van der Waals surface area contributed by atoms with Gasteiger partial charge in [-0.2, -0.15) is 4.80 Å². The minimum Gasteiger partial charge on any atom is -0.454 e. The summed E-state index contributed by atoms with van der Waals surface area (Å²) >= 11 is 5.75. The second-order valence-corrected chi connectivity index (χ2v) is 6.28. The number of hydrogen-bond donors (Lipinski definition) is 1. The molecule has 2 aromatic carbocycles. The first-order valence-corrected chi connectivity index (χ1v) is 8.54. The molecule has 0 aliphatic heterocycles. The van der Waals surface area contributed by atoms with Gasteiger partial charge in [0.15, 0.2) is 13.2 Å². The molecule has 3 rings (SSSR count). The molecule has 3 aromatic rings. The second kappa shape index (κ2) is 8.57. The summed E-state index contributed by atoms with van der Waals surface area (Å²) in [5.74, 6) is -1.74. The van der Waals surface area contributed by atoms with Crippen molar-refractivity contribution in [3.8, 4) is 11.4 Å². The fourth-order valence-corrected chi connectivity index (χ4v) is 2.39. The van der Waals surface area contributed by atoms with E-state index in [0.717, 1.165) is 22.0 Å². The predicted octanol–water partition coefficient (Wildman–Crippen LogP) is 2.62. The van der Waals surface area contributed by atoms with Gasteiger partial charge in [0.1, 0.15) is 5.82 Å². The van der Waals surface area contributed by atoms with Crippen molar-refractivity contribution in [3.63, 3.8) is 0 Å². The maximum Gasteiger partial charge on any atom is 0.330 e. The van der Waals surface area contributed by atoms with Crippen LogP contribution in [0.4, 0.5) is 10.1 Å². The molecule has 10 heteroatoms. The zero-order valence-corrected chi connectivity index (χ0v) is 15.5. The van der Waals surface area contributed by atoms with Gasteiger partial charge in [-0.05, 0) is 30.3 Å². The van der Waals surface area contributed by atoms with Crippen LogP contribution in [0, 0.1) is 12.7 Å². The van der Waals surface area contributed by atoms with Gasteiger partial charge in [0, 0.05) is 10.6 Å². The summed E-state index contributed by atoms with van der Waals surface area (Å²) in [6.45, 7) is 1.04. The number of benzene rings is 2. The summed E-state index contributed by atoms with van der Waals surface area (Å²) in [7, 11) is 0. The van der Waals surface area contributed by atoms with Crippen LogP contribution in [0.2, 0.25) is 5.02 Å². The zero-order chi connectivity index (χ0) is 20.1. The molecule has 0 saturated carbocycles. The van der Waals surface area contributed by atoms with Gasteiger partial charge in [-0.3, -0.25) is 4.79 Å². The number of carbonyl (C=O) groups excluding carboxylic acids is 2. The number of carbonyl (C=O) groups is 2. The average Bonchev–Trinajstić information content (AvgIpc) is 3.12. The molecule has 0 atom stereocenters. The first-order chi connectivity index (χ1) is 13.4. The van der Waals surface area contributed by atoms with Crippen LogP contribution < -0.4 is 5.32 Å². The van der Waals surface area contributed by atoms with Crippen LogP contribution in [0.3, 0.4) is 0 Å². The Bertz CT molecular complexity index is 1010. The first-order valence-electron chi connectivity index (χ1n) is 8.16. The van der Waals surface area contributed by atoms with E-state index in [4.69, 9.17) is 16.3 Å². The Morgan fingerprint density at radius 3 is 2.71 bits per heavy atom. The van der Waals surface area contributed by atoms with Gasteiger partial charge in [0.2, 0.25) is 5.82 Å². The van der Waals surface area contributed by atoms with E-state index >= 15 is 0 Å². The molecule has 0 spiro atoms. The number of aromatic nitrogens is 4. The zero-order valence-electron chi connectivity index (χ0n) is 14.7. The van der Waals surface area contributed by atoms with Crippen molar-refractivity contribution in [1.29, 1.82) is 0 Å². The smallest absolute Gasteiger partial charge is 0.330 e. The van der Waals surface area contributed by atoms with Crippen molar-refractivity contribution in [2.75, 3.05) is 11.9 Å². The Morgan fingerprint density at radius 1 is 1.21 bits per heavy atom. The van der Waals surface area contributed by atoms with Crippen LogP contribution in [0.1, 0.15) is 5.56 Å². The third-order valence-electron chi connectivity index (χ3n) is 3.60. The Balaban J connectivity index is 1.51. The van der Waals surface area contributed by atoms with Gasteiger partial charge in [0.05, 0.1) is 5.69 Å². The molecule has 0 radical (unpaired) electrons. The molecule has 0 bridgehead atoms. The highest BCUT2D eigenvalue weighted by atomic mass is 35.5. The summed E-state index contributed by atoms with van der Waals surface area (Å²) in [5, 5.41) is 14.3. The third kappa shape index (κ3) is 5.10. The molecule has 0 saturated heterocycles. The lowest BCUT2D eigenvalue weighted by Gasteiger charge is -2.07. The molecule has 1 heterocycles. The van der Waals surface area contributed by atoms with E-state index in [-0.39, 0.29) is 17.3 Å². The molecule has 144 valence electrons. The number of hydrogen-bond acceptors (Lipinski definition) is 6. The molecule has 1 amide bonds. The molecular formula is C18H15ClFN5O3. The minimum absolute atomic E-state index is 0.103. The van der Waals surface area contributed by atoms with Crippen molar-refractivity contribution in [3.05, 3.63) is 58.9 Å². The molecule has 0 fully saturated rings. The number of anilines is 1. The molecule has 0 unspecified atom stereocenters. The standard InChI is InChI=1S/C18H15ClFN5O3/c1-11-2-4-12(5-3-11)18-22-24-25(23-18)9-17(27)28-10-16(26)21-15-8-13(19)6-7-14(15)20/h2-8H,9-10H2,1H3,(H,21,26). The van der Waals surface area contributed by atoms with Crippen molar-refractivity contribution in [2.24, 2.45) is 0 Å². The lowest BCUT2D eigenvalue weighted by Crippen LogP contribution is -2.24. The number of aryl methyl sites for hydroxylation is 1. The summed E-state index contributed by atoms with van der Waals surface area (Å²) in [6.07, 6.45) is 0. The maximum atomic E-state index is 13.6. The lowest BCUT2D eigenvalue weighted by atomic mass is 10.1. The van der Waals surface area contributed by atoms with Crippen LogP contribution in [-0.4, -0.2) is 38.7 Å². The summed E-state index contributed by atoms with van der Waals surface area (Å²) in [5.41, 5.74) is 1.75. The largest absolute Gasteiger partial charge is 0.454 e. The number of esters is 1. The van der Waals surface area contributed by atoms with Gasteiger partial charge < -0.3 is 10.1 Å². The number of nitrogens with zero attached hydrogens (tertiary/aromatic N) is 4. The number of nitrogens with one attached hydrogen (secondary N) is 1. The molecule has 8 nitrogen and oxygen atoms in total. The fourth-order valence-electron chi connectivity index (χ4n) is 2.22. The van der Waals surface area contributed by atoms with Crippen molar-refractivity contribution < 1.29 is 18.7 Å². The van der Waals surface area contributed by atoms with Crippen molar-refractivity contribution in [2.45, 2.75) is 13.5 Å². The molecule has 28 heavy (non-hydrogen) atoms. The SMILES string of the molecule is Cc1ccc(-c2nnn(CC(=O)OCC(=O)Nc3cc(Cl)ccc3F)n2)cc1. The summed E-state index contributed by atoms with van der Waals surface area (Å²) in [4.78, 5) is 24.7. The Morgan fingerprint density at radius 2 is 1.96 bits per heavy atom. The summed E-state index contributed by atoms with van der Waals surface area (Å²) in [6, 6.07) is 11.2. The predicted molar refractivity (Wildman–Crippen MR) is 99.0 cm³/mol. The van der Waals surface area contributed by atoms with E-state index in [1.54, 1.807) is 0 Å². The van der Waals surface area contributed by atoms with E-state index < -0.39 is 24.3 Å². The van der Waals surface area contributed by atoms with Crippen molar-refractivity contribution in [1.82, 2.24) is 20.2 Å². The number of amides is 1. The summed E-state index contributed by atoms with van der Waals surface area (Å²) < 4.78 is 18.4. The maximum absolute atomic E-state index is 13.6. The monoisotopic (exact) mass is 403 g/mol. The molecule has 1 N–H and O–H groups in total. The minimum atomic E-state index is -0.741. The lowest BCUT2D eigenvalue weighted by molar-refractivity contribution is -0.148. The van der Waals surface area contributed by atoms with Crippen molar-refractivity contribution >= 4 is 29.2 Å². The molecule has 0 aliphatic rings. The normalized spacial score (nSPS) is 10.5. The third-order valence-corrected chi connectivity index (χ3v) is 3.83. The van der Waals surface area contributed by atoms with E-state index in [2.05, 4.69) is 20.7 Å². The van der Waals surface area contributed by atoms with Gasteiger partial charge in [-0.15, -0.1) is 10.2 Å².